The second kappa shape index (κ2) is 7.62. The van der Waals surface area contributed by atoms with Gasteiger partial charge in [0.25, 0.3) is 0 Å². The molecule has 112 valence electrons. The van der Waals surface area contributed by atoms with Gasteiger partial charge in [0.2, 0.25) is 0 Å². The van der Waals surface area contributed by atoms with E-state index < -0.39 is 0 Å². The molecule has 0 aliphatic rings. The summed E-state index contributed by atoms with van der Waals surface area (Å²) in [6.45, 7) is 2.95. The molecule has 3 aromatic rings. The van der Waals surface area contributed by atoms with Crippen LogP contribution in [0.3, 0.4) is 0 Å². The van der Waals surface area contributed by atoms with Crippen molar-refractivity contribution in [3.05, 3.63) is 78.4 Å². The van der Waals surface area contributed by atoms with Crippen LogP contribution in [0.4, 0.5) is 5.69 Å². The maximum atomic E-state index is 3.50. The third-order valence-electron chi connectivity index (χ3n) is 3.78. The molecule has 0 aliphatic heterocycles. The Morgan fingerprint density at radius 2 is 1.45 bits per heavy atom. The summed E-state index contributed by atoms with van der Waals surface area (Å²) in [6.07, 6.45) is 1.11. The third kappa shape index (κ3) is 4.09. The first-order valence-electron chi connectivity index (χ1n) is 7.89. The summed E-state index contributed by atoms with van der Waals surface area (Å²) in [5.41, 5.74) is 2.53. The average Bonchev–Trinajstić information content (AvgIpc) is 2.59. The zero-order chi connectivity index (χ0) is 15.0. The summed E-state index contributed by atoms with van der Waals surface area (Å²) < 4.78 is 0. The third-order valence-corrected chi connectivity index (χ3v) is 3.78. The molecule has 0 heterocycles. The fourth-order valence-electron chi connectivity index (χ4n) is 2.57. The Bertz CT molecular complexity index is 707. The standard InChI is InChI=1S/C20H22N2/c1-2-7-17(8-3-1)16-21-13-6-14-22-20-12-11-18-9-4-5-10-19(18)15-20/h1-5,7-12,15,21-22H,6,13-14,16H2. The van der Waals surface area contributed by atoms with Gasteiger partial charge in [0, 0.05) is 18.8 Å². The maximum absolute atomic E-state index is 3.50. The molecule has 2 nitrogen and oxygen atoms in total. The van der Waals surface area contributed by atoms with Crippen LogP contribution in [0, 0.1) is 0 Å². The molecular weight excluding hydrogens is 268 g/mol. The van der Waals surface area contributed by atoms with E-state index in [1.807, 2.05) is 0 Å². The summed E-state index contributed by atoms with van der Waals surface area (Å²) in [6, 6.07) is 25.5. The Morgan fingerprint density at radius 1 is 0.682 bits per heavy atom. The van der Waals surface area contributed by atoms with E-state index >= 15 is 0 Å². The molecule has 0 atom stereocenters. The molecule has 2 heteroatoms. The molecular formula is C20H22N2. The van der Waals surface area contributed by atoms with Gasteiger partial charge in [-0.2, -0.15) is 0 Å². The number of nitrogens with one attached hydrogen (secondary N) is 2. The topological polar surface area (TPSA) is 24.1 Å². The summed E-state index contributed by atoms with van der Waals surface area (Å²) in [5.74, 6) is 0. The first-order valence-corrected chi connectivity index (χ1v) is 7.89. The van der Waals surface area contributed by atoms with Gasteiger partial charge in [-0.15, -0.1) is 0 Å². The van der Waals surface area contributed by atoms with Gasteiger partial charge in [-0.25, -0.2) is 0 Å². The minimum absolute atomic E-state index is 0.941. The van der Waals surface area contributed by atoms with Crippen LogP contribution in [0.1, 0.15) is 12.0 Å². The fraction of sp³-hybridized carbons (Fsp3) is 0.200. The SMILES string of the molecule is c1ccc(CNCCCNc2ccc3ccccc3c2)cc1. The van der Waals surface area contributed by atoms with Crippen LogP contribution in [0.25, 0.3) is 10.8 Å². The van der Waals surface area contributed by atoms with E-state index in [1.54, 1.807) is 0 Å². The van der Waals surface area contributed by atoms with Gasteiger partial charge in [0.1, 0.15) is 0 Å². The largest absolute Gasteiger partial charge is 0.385 e. The second-order valence-corrected chi connectivity index (χ2v) is 5.50. The molecule has 0 aliphatic carbocycles. The number of hydrogen-bond acceptors (Lipinski definition) is 2. The molecule has 0 amide bonds. The molecule has 0 spiro atoms. The highest BCUT2D eigenvalue weighted by Crippen LogP contribution is 2.18. The summed E-state index contributed by atoms with van der Waals surface area (Å²) in [7, 11) is 0. The molecule has 3 aromatic carbocycles. The molecule has 0 unspecified atom stereocenters. The summed E-state index contributed by atoms with van der Waals surface area (Å²) in [4.78, 5) is 0. The Kier molecular flexibility index (Phi) is 5.06. The average molecular weight is 290 g/mol. The van der Waals surface area contributed by atoms with Crippen molar-refractivity contribution in [3.8, 4) is 0 Å². The minimum atomic E-state index is 0.941. The maximum Gasteiger partial charge on any atom is 0.0346 e. The molecule has 3 rings (SSSR count). The predicted molar refractivity (Wildman–Crippen MR) is 95.2 cm³/mol. The molecule has 0 saturated heterocycles. The van der Waals surface area contributed by atoms with E-state index in [4.69, 9.17) is 0 Å². The van der Waals surface area contributed by atoms with Crippen molar-refractivity contribution in [2.75, 3.05) is 18.4 Å². The quantitative estimate of drug-likeness (QED) is 0.629. The Labute approximate surface area is 132 Å². The van der Waals surface area contributed by atoms with Crippen LogP contribution < -0.4 is 10.6 Å². The van der Waals surface area contributed by atoms with Crippen molar-refractivity contribution < 1.29 is 0 Å². The van der Waals surface area contributed by atoms with Crippen LogP contribution in [-0.2, 0) is 6.54 Å². The van der Waals surface area contributed by atoms with Crippen molar-refractivity contribution in [3.63, 3.8) is 0 Å². The lowest BCUT2D eigenvalue weighted by Crippen LogP contribution is -2.17. The van der Waals surface area contributed by atoms with Crippen molar-refractivity contribution in [2.24, 2.45) is 0 Å². The lowest BCUT2D eigenvalue weighted by atomic mass is 10.1. The van der Waals surface area contributed by atoms with Gasteiger partial charge in [0.15, 0.2) is 0 Å². The summed E-state index contributed by atoms with van der Waals surface area (Å²) in [5, 5.41) is 9.55. The van der Waals surface area contributed by atoms with E-state index in [2.05, 4.69) is 83.4 Å². The Morgan fingerprint density at radius 3 is 2.32 bits per heavy atom. The first-order chi connectivity index (χ1) is 10.9. The molecule has 0 saturated carbocycles. The first kappa shape index (κ1) is 14.6. The van der Waals surface area contributed by atoms with Crippen LogP contribution in [0.15, 0.2) is 72.8 Å². The fourth-order valence-corrected chi connectivity index (χ4v) is 2.57. The zero-order valence-electron chi connectivity index (χ0n) is 12.8. The minimum Gasteiger partial charge on any atom is -0.385 e. The van der Waals surface area contributed by atoms with E-state index in [1.165, 1.54) is 22.0 Å². The van der Waals surface area contributed by atoms with Gasteiger partial charge in [0.05, 0.1) is 0 Å². The number of benzene rings is 3. The number of hydrogen-bond donors (Lipinski definition) is 2. The van der Waals surface area contributed by atoms with Crippen molar-refractivity contribution in [2.45, 2.75) is 13.0 Å². The summed E-state index contributed by atoms with van der Waals surface area (Å²) >= 11 is 0. The molecule has 0 aromatic heterocycles. The van der Waals surface area contributed by atoms with Crippen LogP contribution in [-0.4, -0.2) is 13.1 Å². The van der Waals surface area contributed by atoms with Crippen LogP contribution in [0.5, 0.6) is 0 Å². The number of rotatable bonds is 7. The Balaban J connectivity index is 1.39. The van der Waals surface area contributed by atoms with Gasteiger partial charge in [-0.3, -0.25) is 0 Å². The molecule has 0 fully saturated rings. The van der Waals surface area contributed by atoms with Crippen LogP contribution in [0.2, 0.25) is 0 Å². The lowest BCUT2D eigenvalue weighted by molar-refractivity contribution is 0.663. The van der Waals surface area contributed by atoms with Crippen LogP contribution >= 0.6 is 0 Å². The van der Waals surface area contributed by atoms with E-state index in [0.717, 1.165) is 26.1 Å². The highest BCUT2D eigenvalue weighted by molar-refractivity contribution is 5.85. The van der Waals surface area contributed by atoms with Gasteiger partial charge in [-0.05, 0) is 41.4 Å². The molecule has 0 bridgehead atoms. The normalized spacial score (nSPS) is 10.7. The number of anilines is 1. The van der Waals surface area contributed by atoms with E-state index in [-0.39, 0.29) is 0 Å². The number of fused-ring (bicyclic) bond motifs is 1. The monoisotopic (exact) mass is 290 g/mol. The molecule has 2 N–H and O–H groups in total. The van der Waals surface area contributed by atoms with Gasteiger partial charge in [-0.1, -0.05) is 60.7 Å². The molecule has 22 heavy (non-hydrogen) atoms. The molecule has 0 radical (unpaired) electrons. The van der Waals surface area contributed by atoms with E-state index in [9.17, 15) is 0 Å². The second-order valence-electron chi connectivity index (χ2n) is 5.50. The highest BCUT2D eigenvalue weighted by atomic mass is 14.9. The van der Waals surface area contributed by atoms with Gasteiger partial charge >= 0.3 is 0 Å². The van der Waals surface area contributed by atoms with Crippen molar-refractivity contribution in [1.82, 2.24) is 5.32 Å². The van der Waals surface area contributed by atoms with Gasteiger partial charge < -0.3 is 10.6 Å². The smallest absolute Gasteiger partial charge is 0.0346 e. The van der Waals surface area contributed by atoms with Crippen molar-refractivity contribution >= 4 is 16.5 Å². The highest BCUT2D eigenvalue weighted by Gasteiger charge is 1.96. The van der Waals surface area contributed by atoms with Crippen molar-refractivity contribution in [1.29, 1.82) is 0 Å². The zero-order valence-corrected chi connectivity index (χ0v) is 12.8. The van der Waals surface area contributed by atoms with E-state index in [0.29, 0.717) is 0 Å². The lowest BCUT2D eigenvalue weighted by Gasteiger charge is -2.08. The Hall–Kier alpha value is -2.32. The predicted octanol–water partition coefficient (Wildman–Crippen LogP) is 4.43.